The molecular formula is C12H23NO4Si. The van der Waals surface area contributed by atoms with Gasteiger partial charge < -0.3 is 9.53 Å². The maximum Gasteiger partial charge on any atom is 0.334 e. The predicted molar refractivity (Wildman–Crippen MR) is 71.5 cm³/mol. The Morgan fingerprint density at radius 2 is 1.83 bits per heavy atom. The van der Waals surface area contributed by atoms with E-state index in [1.807, 2.05) is 26.9 Å². The third-order valence-corrected chi connectivity index (χ3v) is 7.37. The molecule has 0 unspecified atom stereocenters. The van der Waals surface area contributed by atoms with Crippen molar-refractivity contribution in [1.82, 2.24) is 0 Å². The van der Waals surface area contributed by atoms with E-state index in [0.29, 0.717) is 12.8 Å². The van der Waals surface area contributed by atoms with Gasteiger partial charge in [0, 0.05) is 0 Å². The summed E-state index contributed by atoms with van der Waals surface area (Å²) in [5, 5.41) is -0.277. The number of methoxy groups -OCH3 is 1. The van der Waals surface area contributed by atoms with Gasteiger partial charge >= 0.3 is 5.97 Å². The van der Waals surface area contributed by atoms with Crippen LogP contribution in [0.3, 0.4) is 0 Å². The van der Waals surface area contributed by atoms with Gasteiger partial charge in [-0.15, -0.1) is 0 Å². The van der Waals surface area contributed by atoms with Crippen LogP contribution in [-0.2, 0) is 14.3 Å². The molecule has 0 aromatic rings. The fraction of sp³-hybridized carbons (Fsp3) is 0.833. The number of aliphatic imine (C=N–C) groups is 1. The van der Waals surface area contributed by atoms with Crippen LogP contribution in [-0.4, -0.2) is 37.8 Å². The van der Waals surface area contributed by atoms with Crippen LogP contribution in [0.5, 0.6) is 0 Å². The summed E-state index contributed by atoms with van der Waals surface area (Å²) in [4.78, 5) is 35.8. The standard InChI is InChI=1S/C12H23NO4Si/c1-11(2,18(5,6)16)7-8-12(3,13-9-14)10(15)17-4/h16H,7-8H2,1-6H3/t12-/m0/s1. The lowest BCUT2D eigenvalue weighted by Gasteiger charge is -2.36. The number of rotatable bonds is 6. The highest BCUT2D eigenvalue weighted by atomic mass is 28.4. The zero-order valence-corrected chi connectivity index (χ0v) is 13.0. The molecule has 0 aliphatic heterocycles. The molecule has 0 aliphatic carbocycles. The molecule has 0 radical (unpaired) electrons. The van der Waals surface area contributed by atoms with E-state index in [0.717, 1.165) is 0 Å². The van der Waals surface area contributed by atoms with Crippen molar-refractivity contribution in [3.8, 4) is 0 Å². The van der Waals surface area contributed by atoms with Gasteiger partial charge in [-0.2, -0.15) is 4.99 Å². The molecule has 0 spiro atoms. The summed E-state index contributed by atoms with van der Waals surface area (Å²) in [5.41, 5.74) is -1.21. The lowest BCUT2D eigenvalue weighted by Crippen LogP contribution is -2.42. The molecule has 18 heavy (non-hydrogen) atoms. The van der Waals surface area contributed by atoms with Gasteiger partial charge in [-0.1, -0.05) is 13.8 Å². The van der Waals surface area contributed by atoms with Crippen molar-refractivity contribution in [2.75, 3.05) is 7.11 Å². The second-order valence-corrected chi connectivity index (χ2v) is 10.4. The molecule has 104 valence electrons. The second-order valence-electron chi connectivity index (χ2n) is 5.91. The van der Waals surface area contributed by atoms with Crippen molar-refractivity contribution in [2.45, 2.75) is 57.3 Å². The number of nitrogens with zero attached hydrogens (tertiary/aromatic N) is 1. The molecule has 1 atom stereocenters. The van der Waals surface area contributed by atoms with E-state index in [1.54, 1.807) is 6.92 Å². The summed E-state index contributed by atoms with van der Waals surface area (Å²) in [7, 11) is -1.08. The Morgan fingerprint density at radius 1 is 1.33 bits per heavy atom. The van der Waals surface area contributed by atoms with E-state index in [-0.39, 0.29) is 5.04 Å². The molecule has 0 saturated heterocycles. The molecule has 6 heteroatoms. The molecule has 0 amide bonds. The highest BCUT2D eigenvalue weighted by Crippen LogP contribution is 2.41. The van der Waals surface area contributed by atoms with Crippen molar-refractivity contribution < 1.29 is 19.1 Å². The maximum atomic E-state index is 11.6. The summed E-state index contributed by atoms with van der Waals surface area (Å²) in [6, 6.07) is 0. The van der Waals surface area contributed by atoms with Crippen LogP contribution in [0.2, 0.25) is 18.1 Å². The second kappa shape index (κ2) is 5.78. The van der Waals surface area contributed by atoms with E-state index in [9.17, 15) is 14.4 Å². The van der Waals surface area contributed by atoms with Gasteiger partial charge in [0.25, 0.3) is 0 Å². The summed E-state index contributed by atoms with van der Waals surface area (Å²) >= 11 is 0. The van der Waals surface area contributed by atoms with E-state index in [4.69, 9.17) is 0 Å². The zero-order valence-electron chi connectivity index (χ0n) is 12.0. The highest BCUT2D eigenvalue weighted by molar-refractivity contribution is 6.72. The smallest absolute Gasteiger partial charge is 0.334 e. The van der Waals surface area contributed by atoms with Crippen molar-refractivity contribution in [1.29, 1.82) is 0 Å². The Labute approximate surface area is 109 Å². The van der Waals surface area contributed by atoms with E-state index < -0.39 is 19.8 Å². The number of ether oxygens (including phenoxy) is 1. The largest absolute Gasteiger partial charge is 0.467 e. The van der Waals surface area contributed by atoms with Crippen LogP contribution >= 0.6 is 0 Å². The van der Waals surface area contributed by atoms with Crippen molar-refractivity contribution in [2.24, 2.45) is 4.99 Å². The van der Waals surface area contributed by atoms with Crippen LogP contribution in [0.25, 0.3) is 0 Å². The molecule has 0 bridgehead atoms. The Morgan fingerprint density at radius 3 is 2.17 bits per heavy atom. The normalized spacial score (nSPS) is 15.5. The number of carbonyl (C=O) groups is 1. The van der Waals surface area contributed by atoms with Gasteiger partial charge in [0.15, 0.2) is 13.9 Å². The van der Waals surface area contributed by atoms with Gasteiger partial charge in [0.05, 0.1) is 7.11 Å². The number of esters is 1. The first kappa shape index (κ1) is 17.0. The summed E-state index contributed by atoms with van der Waals surface area (Å²) in [6.45, 7) is 9.17. The van der Waals surface area contributed by atoms with Gasteiger partial charge in [-0.3, -0.25) is 0 Å². The Balaban J connectivity index is 4.96. The van der Waals surface area contributed by atoms with Gasteiger partial charge in [-0.05, 0) is 37.9 Å². The molecule has 0 fully saturated rings. The number of isocyanates is 1. The fourth-order valence-corrected chi connectivity index (χ4v) is 2.12. The lowest BCUT2D eigenvalue weighted by atomic mass is 9.92. The van der Waals surface area contributed by atoms with Gasteiger partial charge in [0.1, 0.15) is 0 Å². The topological polar surface area (TPSA) is 76.0 Å². The molecule has 0 aromatic heterocycles. The average Bonchev–Trinajstić information content (AvgIpc) is 2.24. The Kier molecular flexibility index (Phi) is 5.47. The lowest BCUT2D eigenvalue weighted by molar-refractivity contribution is -0.146. The van der Waals surface area contributed by atoms with E-state index in [2.05, 4.69) is 9.73 Å². The minimum atomic E-state index is -2.34. The SMILES string of the molecule is COC(=O)[C@](C)(CCC(C)(C)[Si](C)(C)O)N=C=O. The van der Waals surface area contributed by atoms with Crippen LogP contribution in [0.4, 0.5) is 0 Å². The monoisotopic (exact) mass is 273 g/mol. The number of carbonyl (C=O) groups excluding carboxylic acids is 2. The minimum absolute atomic E-state index is 0.277. The molecule has 5 nitrogen and oxygen atoms in total. The van der Waals surface area contributed by atoms with E-state index >= 15 is 0 Å². The molecule has 0 aromatic carbocycles. The number of hydrogen-bond acceptors (Lipinski definition) is 5. The van der Waals surface area contributed by atoms with Crippen molar-refractivity contribution in [3.63, 3.8) is 0 Å². The van der Waals surface area contributed by atoms with Crippen LogP contribution in [0.15, 0.2) is 4.99 Å². The van der Waals surface area contributed by atoms with Crippen molar-refractivity contribution in [3.05, 3.63) is 0 Å². The van der Waals surface area contributed by atoms with Crippen LogP contribution in [0.1, 0.15) is 33.6 Å². The third-order valence-electron chi connectivity index (χ3n) is 3.81. The molecule has 0 rings (SSSR count). The molecule has 0 aliphatic rings. The Bertz CT molecular complexity index is 356. The summed E-state index contributed by atoms with van der Waals surface area (Å²) < 4.78 is 4.66. The average molecular weight is 273 g/mol. The predicted octanol–water partition coefficient (Wildman–Crippen LogP) is 2.01. The van der Waals surface area contributed by atoms with Crippen molar-refractivity contribution >= 4 is 20.4 Å². The van der Waals surface area contributed by atoms with Crippen LogP contribution in [0, 0.1) is 0 Å². The molecule has 0 saturated carbocycles. The van der Waals surface area contributed by atoms with Crippen LogP contribution < -0.4 is 0 Å². The summed E-state index contributed by atoms with van der Waals surface area (Å²) in [6.07, 6.45) is 2.35. The van der Waals surface area contributed by atoms with Gasteiger partial charge in [0.2, 0.25) is 6.08 Å². The maximum absolute atomic E-state index is 11.6. The van der Waals surface area contributed by atoms with Gasteiger partial charge in [-0.25, -0.2) is 9.59 Å². The Hall–Kier alpha value is -0.973. The first-order valence-corrected chi connectivity index (χ1v) is 8.85. The molecular weight excluding hydrogens is 250 g/mol. The highest BCUT2D eigenvalue weighted by Gasteiger charge is 2.42. The fourth-order valence-electron chi connectivity index (χ4n) is 1.39. The minimum Gasteiger partial charge on any atom is -0.467 e. The molecule has 0 heterocycles. The van der Waals surface area contributed by atoms with E-state index in [1.165, 1.54) is 13.2 Å². The first-order valence-electron chi connectivity index (χ1n) is 5.90. The first-order chi connectivity index (χ1) is 8.00. The zero-order chi connectivity index (χ0) is 14.6. The quantitative estimate of drug-likeness (QED) is 0.347. The number of hydrogen-bond donors (Lipinski definition) is 1. The molecule has 1 N–H and O–H groups in total. The third kappa shape index (κ3) is 4.05. The summed E-state index contributed by atoms with van der Waals surface area (Å²) in [5.74, 6) is -0.556.